The van der Waals surface area contributed by atoms with E-state index in [0.29, 0.717) is 6.54 Å². The molecular weight excluding hydrogens is 284 g/mol. The summed E-state index contributed by atoms with van der Waals surface area (Å²) in [6.07, 6.45) is 3.74. The molecule has 1 aromatic carbocycles. The van der Waals surface area contributed by atoms with E-state index in [-0.39, 0.29) is 10.6 Å². The number of nitro benzene ring substituents is 1. The van der Waals surface area contributed by atoms with Gasteiger partial charge in [-0.3, -0.25) is 10.1 Å². The predicted octanol–water partition coefficient (Wildman–Crippen LogP) is 3.74. The summed E-state index contributed by atoms with van der Waals surface area (Å²) in [5.41, 5.74) is 3.46. The van der Waals surface area contributed by atoms with E-state index in [1.165, 1.54) is 29.7 Å². The fourth-order valence-corrected chi connectivity index (χ4v) is 4.09. The largest absolute Gasteiger partial charge is 0.308 e. The van der Waals surface area contributed by atoms with Gasteiger partial charge in [-0.1, -0.05) is 12.1 Å². The molecule has 1 aliphatic rings. The fourth-order valence-electron chi connectivity index (χ4n) is 2.86. The van der Waals surface area contributed by atoms with Gasteiger partial charge in [-0.05, 0) is 43.4 Å². The highest BCUT2D eigenvalue weighted by Crippen LogP contribution is 2.30. The van der Waals surface area contributed by atoms with Crippen LogP contribution < -0.4 is 5.32 Å². The molecule has 1 N–H and O–H groups in total. The van der Waals surface area contributed by atoms with Crippen molar-refractivity contribution in [3.63, 3.8) is 0 Å². The summed E-state index contributed by atoms with van der Waals surface area (Å²) < 4.78 is 0. The Kier molecular flexibility index (Phi) is 4.03. The lowest BCUT2D eigenvalue weighted by molar-refractivity contribution is -0.385. The van der Waals surface area contributed by atoms with Crippen molar-refractivity contribution in [2.75, 3.05) is 0 Å². The third-order valence-electron chi connectivity index (χ3n) is 4.03. The Labute approximate surface area is 128 Å². The highest BCUT2D eigenvalue weighted by molar-refractivity contribution is 7.12. The van der Waals surface area contributed by atoms with Gasteiger partial charge in [-0.25, -0.2) is 0 Å². The molecule has 0 aliphatic heterocycles. The molecule has 21 heavy (non-hydrogen) atoms. The number of nitrogens with zero attached hydrogens (tertiary/aromatic N) is 1. The molecule has 3 rings (SSSR count). The van der Waals surface area contributed by atoms with Gasteiger partial charge in [0.25, 0.3) is 5.69 Å². The average molecular weight is 302 g/mol. The molecule has 1 aromatic heterocycles. The number of nitrogens with one attached hydrogen (secondary N) is 1. The molecule has 0 saturated heterocycles. The summed E-state index contributed by atoms with van der Waals surface area (Å²) in [5, 5.41) is 14.3. The standard InChI is InChI=1S/C16H18N2O2S/c1-11-13(5-2-6-15(11)18(19)20)9-17-10-14-8-12-4-3-7-16(12)21-14/h2,5-6,8,17H,3-4,7,9-10H2,1H3. The van der Waals surface area contributed by atoms with E-state index < -0.39 is 0 Å². The first kappa shape index (κ1) is 14.2. The summed E-state index contributed by atoms with van der Waals surface area (Å²) in [4.78, 5) is 13.5. The summed E-state index contributed by atoms with van der Waals surface area (Å²) in [6.45, 7) is 3.31. The van der Waals surface area contributed by atoms with Gasteiger partial charge >= 0.3 is 0 Å². The van der Waals surface area contributed by atoms with E-state index in [2.05, 4.69) is 11.4 Å². The van der Waals surface area contributed by atoms with Crippen molar-refractivity contribution >= 4 is 17.0 Å². The predicted molar refractivity (Wildman–Crippen MR) is 84.7 cm³/mol. The maximum absolute atomic E-state index is 10.9. The molecule has 0 amide bonds. The second-order valence-electron chi connectivity index (χ2n) is 5.44. The monoisotopic (exact) mass is 302 g/mol. The maximum atomic E-state index is 10.9. The normalized spacial score (nSPS) is 13.4. The van der Waals surface area contributed by atoms with Gasteiger partial charge in [0.1, 0.15) is 0 Å². The van der Waals surface area contributed by atoms with Gasteiger partial charge in [0, 0.05) is 34.5 Å². The van der Waals surface area contributed by atoms with E-state index in [9.17, 15) is 10.1 Å². The zero-order valence-corrected chi connectivity index (χ0v) is 12.8. The van der Waals surface area contributed by atoms with Crippen LogP contribution in [0.3, 0.4) is 0 Å². The number of hydrogen-bond donors (Lipinski definition) is 1. The molecule has 110 valence electrons. The Morgan fingerprint density at radius 1 is 1.33 bits per heavy atom. The number of benzene rings is 1. The summed E-state index contributed by atoms with van der Waals surface area (Å²) in [5.74, 6) is 0. The van der Waals surface area contributed by atoms with E-state index in [1.54, 1.807) is 17.0 Å². The summed E-state index contributed by atoms with van der Waals surface area (Å²) in [7, 11) is 0. The van der Waals surface area contributed by atoms with Crippen LogP contribution in [0.1, 0.15) is 32.9 Å². The Hall–Kier alpha value is -1.72. The van der Waals surface area contributed by atoms with Gasteiger partial charge in [0.05, 0.1) is 4.92 Å². The Morgan fingerprint density at radius 3 is 2.95 bits per heavy atom. The lowest BCUT2D eigenvalue weighted by Gasteiger charge is -2.07. The van der Waals surface area contributed by atoms with E-state index in [1.807, 2.05) is 24.3 Å². The van der Waals surface area contributed by atoms with Crippen LogP contribution in [0.25, 0.3) is 0 Å². The van der Waals surface area contributed by atoms with E-state index in [0.717, 1.165) is 17.7 Å². The first-order valence-corrected chi connectivity index (χ1v) is 8.01. The minimum atomic E-state index is -0.317. The summed E-state index contributed by atoms with van der Waals surface area (Å²) in [6, 6.07) is 7.56. The zero-order chi connectivity index (χ0) is 14.8. The molecule has 0 bridgehead atoms. The van der Waals surface area contributed by atoms with Crippen LogP contribution >= 0.6 is 11.3 Å². The molecule has 0 fully saturated rings. The van der Waals surface area contributed by atoms with Gasteiger partial charge in [-0.15, -0.1) is 11.3 Å². The van der Waals surface area contributed by atoms with Crippen LogP contribution in [-0.4, -0.2) is 4.92 Å². The van der Waals surface area contributed by atoms with Crippen LogP contribution in [0.2, 0.25) is 0 Å². The van der Waals surface area contributed by atoms with Crippen LogP contribution in [0.5, 0.6) is 0 Å². The summed E-state index contributed by atoms with van der Waals surface area (Å²) >= 11 is 1.90. The molecule has 5 heteroatoms. The van der Waals surface area contributed by atoms with Crippen molar-refractivity contribution in [2.45, 2.75) is 39.3 Å². The number of aryl methyl sites for hydroxylation is 2. The Bertz CT molecular complexity index is 657. The number of hydrogen-bond acceptors (Lipinski definition) is 4. The molecule has 1 heterocycles. The Balaban J connectivity index is 1.62. The quantitative estimate of drug-likeness (QED) is 0.676. The van der Waals surface area contributed by atoms with Crippen molar-refractivity contribution in [3.8, 4) is 0 Å². The lowest BCUT2D eigenvalue weighted by atomic mass is 10.1. The van der Waals surface area contributed by atoms with E-state index >= 15 is 0 Å². The topological polar surface area (TPSA) is 55.2 Å². The molecule has 0 spiro atoms. The second kappa shape index (κ2) is 5.95. The fraction of sp³-hybridized carbons (Fsp3) is 0.375. The SMILES string of the molecule is Cc1c(CNCc2cc3c(s2)CCC3)cccc1[N+](=O)[O-]. The average Bonchev–Trinajstić information content (AvgIpc) is 3.01. The number of fused-ring (bicyclic) bond motifs is 1. The van der Waals surface area contributed by atoms with Crippen molar-refractivity contribution in [3.05, 3.63) is 60.8 Å². The van der Waals surface area contributed by atoms with Crippen molar-refractivity contribution < 1.29 is 4.92 Å². The number of nitro groups is 1. The van der Waals surface area contributed by atoms with Gasteiger partial charge < -0.3 is 5.32 Å². The minimum Gasteiger partial charge on any atom is -0.308 e. The molecule has 4 nitrogen and oxygen atoms in total. The Morgan fingerprint density at radius 2 is 2.19 bits per heavy atom. The molecule has 0 atom stereocenters. The van der Waals surface area contributed by atoms with Crippen LogP contribution in [0, 0.1) is 17.0 Å². The first-order chi connectivity index (χ1) is 10.1. The van der Waals surface area contributed by atoms with Gasteiger partial charge in [-0.2, -0.15) is 0 Å². The molecule has 0 radical (unpaired) electrons. The zero-order valence-electron chi connectivity index (χ0n) is 12.0. The third-order valence-corrected chi connectivity index (χ3v) is 5.26. The van der Waals surface area contributed by atoms with Crippen LogP contribution in [0.4, 0.5) is 5.69 Å². The van der Waals surface area contributed by atoms with Crippen LogP contribution in [-0.2, 0) is 25.9 Å². The molecule has 2 aromatic rings. The number of thiophene rings is 1. The smallest absolute Gasteiger partial charge is 0.272 e. The lowest BCUT2D eigenvalue weighted by Crippen LogP contribution is -2.13. The minimum absolute atomic E-state index is 0.199. The maximum Gasteiger partial charge on any atom is 0.272 e. The van der Waals surface area contributed by atoms with E-state index in [4.69, 9.17) is 0 Å². The highest BCUT2D eigenvalue weighted by atomic mass is 32.1. The van der Waals surface area contributed by atoms with Gasteiger partial charge in [0.2, 0.25) is 0 Å². The van der Waals surface area contributed by atoms with Crippen molar-refractivity contribution in [2.24, 2.45) is 0 Å². The molecule has 0 unspecified atom stereocenters. The molecular formula is C16H18N2O2S. The molecule has 1 aliphatic carbocycles. The first-order valence-electron chi connectivity index (χ1n) is 7.19. The van der Waals surface area contributed by atoms with Crippen LogP contribution in [0.15, 0.2) is 24.3 Å². The second-order valence-corrected chi connectivity index (χ2v) is 6.66. The van der Waals surface area contributed by atoms with Crippen molar-refractivity contribution in [1.29, 1.82) is 0 Å². The number of rotatable bonds is 5. The molecule has 0 saturated carbocycles. The third kappa shape index (κ3) is 2.99. The van der Waals surface area contributed by atoms with Gasteiger partial charge in [0.15, 0.2) is 0 Å². The van der Waals surface area contributed by atoms with Crippen molar-refractivity contribution in [1.82, 2.24) is 5.32 Å². The highest BCUT2D eigenvalue weighted by Gasteiger charge is 2.15.